The van der Waals surface area contributed by atoms with Crippen molar-refractivity contribution in [3.8, 4) is 6.07 Å². The molecule has 1 aromatic rings. The zero-order valence-electron chi connectivity index (χ0n) is 10.6. The summed E-state index contributed by atoms with van der Waals surface area (Å²) in [6.45, 7) is 0. The second kappa shape index (κ2) is 6.06. The lowest BCUT2D eigenvalue weighted by Crippen LogP contribution is -2.30. The Kier molecular flexibility index (Phi) is 4.40. The van der Waals surface area contributed by atoms with Gasteiger partial charge in [0.1, 0.15) is 6.07 Å². The third kappa shape index (κ3) is 2.99. The maximum atomic E-state index is 12.2. The topological polar surface area (TPSA) is 90.2 Å². The average Bonchev–Trinajstić information content (AvgIpc) is 2.90. The van der Waals surface area contributed by atoms with E-state index < -0.39 is 17.8 Å². The minimum absolute atomic E-state index is 0.325. The van der Waals surface area contributed by atoms with Crippen LogP contribution in [0.5, 0.6) is 0 Å². The van der Waals surface area contributed by atoms with Gasteiger partial charge in [0.2, 0.25) is 5.91 Å². The van der Waals surface area contributed by atoms with E-state index >= 15 is 0 Å². The van der Waals surface area contributed by atoms with Crippen LogP contribution in [0.4, 0.5) is 5.69 Å². The van der Waals surface area contributed by atoms with Gasteiger partial charge in [-0.05, 0) is 31.0 Å². The van der Waals surface area contributed by atoms with E-state index in [1.807, 2.05) is 6.07 Å². The SMILES string of the molecule is N#Cc1cc(Br)ccc1NC(=O)[C@@H]1CCC[C@@H]1C(=O)O. The number of carbonyl (C=O) groups is 2. The molecule has 1 aliphatic carbocycles. The summed E-state index contributed by atoms with van der Waals surface area (Å²) in [4.78, 5) is 23.3. The minimum atomic E-state index is -0.932. The van der Waals surface area contributed by atoms with E-state index in [0.717, 1.165) is 10.9 Å². The zero-order chi connectivity index (χ0) is 14.7. The number of carboxylic acid groups (broad SMARTS) is 1. The summed E-state index contributed by atoms with van der Waals surface area (Å²) < 4.78 is 0.747. The molecule has 0 bridgehead atoms. The smallest absolute Gasteiger partial charge is 0.307 e. The maximum Gasteiger partial charge on any atom is 0.307 e. The molecular weight excluding hydrogens is 324 g/mol. The predicted octanol–water partition coefficient (Wildman–Crippen LogP) is 2.76. The number of rotatable bonds is 3. The molecule has 0 unspecified atom stereocenters. The maximum absolute atomic E-state index is 12.2. The number of carboxylic acids is 1. The molecule has 1 fully saturated rings. The number of nitrogens with one attached hydrogen (secondary N) is 1. The normalized spacial score (nSPS) is 21.2. The van der Waals surface area contributed by atoms with Crippen LogP contribution < -0.4 is 5.32 Å². The molecule has 2 rings (SSSR count). The number of carbonyl (C=O) groups excluding carboxylic acids is 1. The van der Waals surface area contributed by atoms with E-state index in [-0.39, 0.29) is 5.91 Å². The Balaban J connectivity index is 2.16. The van der Waals surface area contributed by atoms with Crippen molar-refractivity contribution in [2.24, 2.45) is 11.8 Å². The minimum Gasteiger partial charge on any atom is -0.481 e. The molecule has 0 aromatic heterocycles. The molecule has 20 heavy (non-hydrogen) atoms. The average molecular weight is 337 g/mol. The van der Waals surface area contributed by atoms with Crippen molar-refractivity contribution in [1.82, 2.24) is 0 Å². The monoisotopic (exact) mass is 336 g/mol. The van der Waals surface area contributed by atoms with Crippen molar-refractivity contribution in [3.63, 3.8) is 0 Å². The van der Waals surface area contributed by atoms with Crippen molar-refractivity contribution < 1.29 is 14.7 Å². The molecule has 104 valence electrons. The molecule has 0 spiro atoms. The van der Waals surface area contributed by atoms with E-state index in [1.54, 1.807) is 18.2 Å². The number of nitrogens with zero attached hydrogens (tertiary/aromatic N) is 1. The first-order chi connectivity index (χ1) is 9.52. The fraction of sp³-hybridized carbons (Fsp3) is 0.357. The largest absolute Gasteiger partial charge is 0.481 e. The Morgan fingerprint density at radius 3 is 2.70 bits per heavy atom. The Morgan fingerprint density at radius 2 is 2.05 bits per heavy atom. The number of benzene rings is 1. The molecule has 1 amide bonds. The Labute approximate surface area is 124 Å². The number of hydrogen-bond acceptors (Lipinski definition) is 3. The van der Waals surface area contributed by atoms with Crippen molar-refractivity contribution in [3.05, 3.63) is 28.2 Å². The van der Waals surface area contributed by atoms with Crippen LogP contribution >= 0.6 is 15.9 Å². The highest BCUT2D eigenvalue weighted by atomic mass is 79.9. The standard InChI is InChI=1S/C14H13BrN2O3/c15-9-4-5-12(8(6-9)7-16)17-13(18)10-2-1-3-11(10)14(19)20/h4-6,10-11H,1-3H2,(H,17,18)(H,19,20)/t10-,11+/m1/s1. The van der Waals surface area contributed by atoms with Gasteiger partial charge in [-0.1, -0.05) is 22.4 Å². The quantitative estimate of drug-likeness (QED) is 0.887. The van der Waals surface area contributed by atoms with E-state index in [4.69, 9.17) is 10.4 Å². The molecule has 2 N–H and O–H groups in total. The Bertz CT molecular complexity index is 595. The van der Waals surface area contributed by atoms with Crippen molar-refractivity contribution in [2.45, 2.75) is 19.3 Å². The van der Waals surface area contributed by atoms with Gasteiger partial charge in [-0.3, -0.25) is 9.59 Å². The van der Waals surface area contributed by atoms with Crippen molar-refractivity contribution in [2.75, 3.05) is 5.32 Å². The highest BCUT2D eigenvalue weighted by Crippen LogP contribution is 2.33. The highest BCUT2D eigenvalue weighted by molar-refractivity contribution is 9.10. The van der Waals surface area contributed by atoms with Gasteiger partial charge < -0.3 is 10.4 Å². The van der Waals surface area contributed by atoms with Crippen LogP contribution in [0.3, 0.4) is 0 Å². The Hall–Kier alpha value is -1.87. The lowest BCUT2D eigenvalue weighted by Gasteiger charge is -2.16. The van der Waals surface area contributed by atoms with Gasteiger partial charge in [-0.15, -0.1) is 0 Å². The highest BCUT2D eigenvalue weighted by Gasteiger charge is 2.37. The van der Waals surface area contributed by atoms with Gasteiger partial charge in [0.25, 0.3) is 0 Å². The van der Waals surface area contributed by atoms with E-state index in [0.29, 0.717) is 24.1 Å². The van der Waals surface area contributed by atoms with Crippen LogP contribution in [0.25, 0.3) is 0 Å². The zero-order valence-corrected chi connectivity index (χ0v) is 12.2. The number of halogens is 1. The molecule has 0 heterocycles. The number of nitriles is 1. The summed E-state index contributed by atoms with van der Waals surface area (Å²) in [6.07, 6.45) is 1.83. The first-order valence-electron chi connectivity index (χ1n) is 6.26. The molecule has 5 nitrogen and oxygen atoms in total. The van der Waals surface area contributed by atoms with Crippen LogP contribution in [0.1, 0.15) is 24.8 Å². The molecule has 1 aromatic carbocycles. The van der Waals surface area contributed by atoms with E-state index in [2.05, 4.69) is 21.2 Å². The second-order valence-electron chi connectivity index (χ2n) is 4.77. The summed E-state index contributed by atoms with van der Waals surface area (Å²) in [5, 5.41) is 20.8. The third-order valence-electron chi connectivity index (χ3n) is 3.53. The molecule has 6 heteroatoms. The molecule has 0 radical (unpaired) electrons. The van der Waals surface area contributed by atoms with Gasteiger partial charge in [-0.2, -0.15) is 5.26 Å². The summed E-state index contributed by atoms with van der Waals surface area (Å²) in [6, 6.07) is 6.97. The number of anilines is 1. The van der Waals surface area contributed by atoms with Gasteiger partial charge in [0, 0.05) is 4.47 Å². The van der Waals surface area contributed by atoms with Gasteiger partial charge >= 0.3 is 5.97 Å². The molecule has 0 aliphatic heterocycles. The number of aliphatic carboxylic acids is 1. The summed E-state index contributed by atoms with van der Waals surface area (Å²) in [5.74, 6) is -2.41. The fourth-order valence-corrected chi connectivity index (χ4v) is 2.87. The Morgan fingerprint density at radius 1 is 1.35 bits per heavy atom. The molecule has 0 saturated heterocycles. The fourth-order valence-electron chi connectivity index (χ4n) is 2.51. The molecular formula is C14H13BrN2O3. The summed E-state index contributed by atoms with van der Waals surface area (Å²) in [7, 11) is 0. The molecule has 1 aliphatic rings. The lowest BCUT2D eigenvalue weighted by atomic mass is 9.95. The third-order valence-corrected chi connectivity index (χ3v) is 4.02. The van der Waals surface area contributed by atoms with Crippen molar-refractivity contribution >= 4 is 33.5 Å². The molecule has 2 atom stereocenters. The first kappa shape index (κ1) is 14.5. The van der Waals surface area contributed by atoms with Gasteiger partial charge in [0.15, 0.2) is 0 Å². The molecule has 1 saturated carbocycles. The lowest BCUT2D eigenvalue weighted by molar-refractivity contribution is -0.145. The number of amides is 1. The van der Waals surface area contributed by atoms with E-state index in [1.165, 1.54) is 0 Å². The predicted molar refractivity (Wildman–Crippen MR) is 76.0 cm³/mol. The van der Waals surface area contributed by atoms with E-state index in [9.17, 15) is 9.59 Å². The summed E-state index contributed by atoms with van der Waals surface area (Å²) in [5.41, 5.74) is 0.759. The number of hydrogen-bond donors (Lipinski definition) is 2. The first-order valence-corrected chi connectivity index (χ1v) is 7.05. The van der Waals surface area contributed by atoms with Crippen LogP contribution in [0.15, 0.2) is 22.7 Å². The van der Waals surface area contributed by atoms with Crippen molar-refractivity contribution in [1.29, 1.82) is 5.26 Å². The van der Waals surface area contributed by atoms with Crippen LogP contribution in [0, 0.1) is 23.2 Å². The second-order valence-corrected chi connectivity index (χ2v) is 5.69. The van der Waals surface area contributed by atoms with Crippen LogP contribution in [-0.4, -0.2) is 17.0 Å². The van der Waals surface area contributed by atoms with Crippen LogP contribution in [0.2, 0.25) is 0 Å². The van der Waals surface area contributed by atoms with Gasteiger partial charge in [-0.25, -0.2) is 0 Å². The summed E-state index contributed by atoms with van der Waals surface area (Å²) >= 11 is 3.26. The van der Waals surface area contributed by atoms with Gasteiger partial charge in [0.05, 0.1) is 23.1 Å². The van der Waals surface area contributed by atoms with Crippen LogP contribution in [-0.2, 0) is 9.59 Å².